The van der Waals surface area contributed by atoms with Crippen LogP contribution in [0.5, 0.6) is 0 Å². The Kier molecular flexibility index (Phi) is 2.86. The molecule has 2 rings (SSSR count). The Bertz CT molecular complexity index is 436. The summed E-state index contributed by atoms with van der Waals surface area (Å²) in [7, 11) is 0. The Morgan fingerprint density at radius 1 is 1.47 bits per heavy atom. The highest BCUT2D eigenvalue weighted by atomic mass is 19.4. The largest absolute Gasteiger partial charge is 0.576 e. The lowest BCUT2D eigenvalue weighted by atomic mass is 10.1. The van der Waals surface area contributed by atoms with Crippen LogP contribution in [0.25, 0.3) is 0 Å². The summed E-state index contributed by atoms with van der Waals surface area (Å²) in [5.41, 5.74) is 1.38. The maximum atomic E-state index is 11.9. The first-order chi connectivity index (χ1) is 7.96. The lowest BCUT2D eigenvalue weighted by Gasteiger charge is -2.27. The Morgan fingerprint density at radius 2 is 2.24 bits per heavy atom. The average molecular weight is 247 g/mol. The Hall–Kier alpha value is -1.86. The molecule has 0 radical (unpaired) electrons. The van der Waals surface area contributed by atoms with E-state index in [9.17, 15) is 18.0 Å². The molecule has 0 aromatic carbocycles. The van der Waals surface area contributed by atoms with Gasteiger partial charge in [0.1, 0.15) is 6.33 Å². The molecule has 1 aliphatic heterocycles. The second kappa shape index (κ2) is 4.19. The number of rotatable bonds is 0. The summed E-state index contributed by atoms with van der Waals surface area (Å²) in [5, 5.41) is 0. The SMILES string of the molecule is O=C(OC(F)(F)F)N1CCc2cncnc2C1. The number of carbonyl (C=O) groups is 1. The smallest absolute Gasteiger partial charge is 0.356 e. The third kappa shape index (κ3) is 2.83. The summed E-state index contributed by atoms with van der Waals surface area (Å²) in [4.78, 5) is 19.8. The fraction of sp³-hybridized carbons (Fsp3) is 0.444. The van der Waals surface area contributed by atoms with Gasteiger partial charge < -0.3 is 9.64 Å². The van der Waals surface area contributed by atoms with Gasteiger partial charge in [0.25, 0.3) is 0 Å². The van der Waals surface area contributed by atoms with Crippen molar-refractivity contribution in [3.05, 3.63) is 23.8 Å². The third-order valence-corrected chi connectivity index (χ3v) is 2.33. The molecule has 1 aromatic rings. The first kappa shape index (κ1) is 11.6. The summed E-state index contributed by atoms with van der Waals surface area (Å²) in [6.45, 7) is 0.169. The molecule has 0 atom stereocenters. The van der Waals surface area contributed by atoms with Crippen molar-refractivity contribution < 1.29 is 22.7 Å². The number of nitrogens with zero attached hydrogens (tertiary/aromatic N) is 3. The summed E-state index contributed by atoms with van der Waals surface area (Å²) < 4.78 is 38.9. The topological polar surface area (TPSA) is 55.3 Å². The van der Waals surface area contributed by atoms with Gasteiger partial charge in [-0.15, -0.1) is 13.2 Å². The highest BCUT2D eigenvalue weighted by Gasteiger charge is 2.36. The molecule has 1 aliphatic rings. The van der Waals surface area contributed by atoms with Gasteiger partial charge in [0.05, 0.1) is 12.2 Å². The van der Waals surface area contributed by atoms with Gasteiger partial charge in [-0.2, -0.15) is 0 Å². The number of amides is 1. The number of fused-ring (bicyclic) bond motifs is 1. The van der Waals surface area contributed by atoms with E-state index >= 15 is 0 Å². The average Bonchev–Trinajstić information content (AvgIpc) is 2.26. The lowest BCUT2D eigenvalue weighted by Crippen LogP contribution is -2.39. The molecular formula is C9H8F3N3O2. The normalized spacial score (nSPS) is 15.4. The Balaban J connectivity index is 2.05. The lowest BCUT2D eigenvalue weighted by molar-refractivity contribution is -0.295. The molecule has 2 heterocycles. The number of ether oxygens (including phenoxy) is 1. The molecular weight excluding hydrogens is 239 g/mol. The molecule has 0 N–H and O–H groups in total. The van der Waals surface area contributed by atoms with E-state index in [0.29, 0.717) is 12.1 Å². The Labute approximate surface area is 94.2 Å². The molecule has 0 unspecified atom stereocenters. The van der Waals surface area contributed by atoms with Gasteiger partial charge >= 0.3 is 12.5 Å². The van der Waals surface area contributed by atoms with Crippen molar-refractivity contribution >= 4 is 6.09 Å². The van der Waals surface area contributed by atoms with Crippen LogP contribution in [-0.2, 0) is 17.7 Å². The van der Waals surface area contributed by atoms with E-state index in [1.165, 1.54) is 6.33 Å². The maximum absolute atomic E-state index is 11.9. The molecule has 0 aliphatic carbocycles. The summed E-state index contributed by atoms with van der Waals surface area (Å²) >= 11 is 0. The highest BCUT2D eigenvalue weighted by Crippen LogP contribution is 2.21. The standard InChI is InChI=1S/C9H8F3N3O2/c10-9(11,12)17-8(16)15-2-1-6-3-13-5-14-7(6)4-15/h3,5H,1-2,4H2. The van der Waals surface area contributed by atoms with Crippen LogP contribution in [-0.4, -0.2) is 33.9 Å². The number of hydrogen-bond acceptors (Lipinski definition) is 4. The zero-order valence-electron chi connectivity index (χ0n) is 8.57. The van der Waals surface area contributed by atoms with Crippen LogP contribution < -0.4 is 0 Å². The number of hydrogen-bond donors (Lipinski definition) is 0. The molecule has 0 saturated carbocycles. The van der Waals surface area contributed by atoms with Crippen molar-refractivity contribution in [1.29, 1.82) is 0 Å². The Morgan fingerprint density at radius 3 is 2.94 bits per heavy atom. The molecule has 5 nitrogen and oxygen atoms in total. The van der Waals surface area contributed by atoms with Gasteiger partial charge in [0, 0.05) is 12.7 Å². The van der Waals surface area contributed by atoms with E-state index in [1.54, 1.807) is 6.20 Å². The van der Waals surface area contributed by atoms with Gasteiger partial charge in [-0.05, 0) is 12.0 Å². The number of halogens is 3. The van der Waals surface area contributed by atoms with Crippen LogP contribution in [0.4, 0.5) is 18.0 Å². The maximum Gasteiger partial charge on any atom is 0.576 e. The fourth-order valence-corrected chi connectivity index (χ4v) is 1.57. The van der Waals surface area contributed by atoms with Crippen molar-refractivity contribution in [2.24, 2.45) is 0 Å². The first-order valence-corrected chi connectivity index (χ1v) is 4.78. The molecule has 0 fully saturated rings. The van der Waals surface area contributed by atoms with Crippen molar-refractivity contribution in [3.63, 3.8) is 0 Å². The zero-order chi connectivity index (χ0) is 12.5. The van der Waals surface area contributed by atoms with E-state index in [1.807, 2.05) is 0 Å². The van der Waals surface area contributed by atoms with Crippen LogP contribution in [0.1, 0.15) is 11.3 Å². The molecule has 8 heteroatoms. The monoisotopic (exact) mass is 247 g/mol. The minimum absolute atomic E-state index is 0.00671. The van der Waals surface area contributed by atoms with E-state index in [2.05, 4.69) is 14.7 Å². The molecule has 17 heavy (non-hydrogen) atoms. The van der Waals surface area contributed by atoms with Gasteiger partial charge in [-0.3, -0.25) is 0 Å². The summed E-state index contributed by atoms with van der Waals surface area (Å²) in [6.07, 6.45) is -3.06. The predicted molar refractivity (Wildman–Crippen MR) is 48.7 cm³/mol. The second-order valence-electron chi connectivity index (χ2n) is 3.48. The van der Waals surface area contributed by atoms with Gasteiger partial charge in [0.2, 0.25) is 0 Å². The minimum atomic E-state index is -4.96. The van der Waals surface area contributed by atoms with Crippen LogP contribution >= 0.6 is 0 Å². The van der Waals surface area contributed by atoms with Crippen molar-refractivity contribution in [1.82, 2.24) is 14.9 Å². The minimum Gasteiger partial charge on any atom is -0.356 e. The van der Waals surface area contributed by atoms with Crippen molar-refractivity contribution in [2.45, 2.75) is 19.3 Å². The molecule has 0 saturated heterocycles. The summed E-state index contributed by atoms with van der Waals surface area (Å²) in [5.74, 6) is 0. The van der Waals surface area contributed by atoms with Crippen molar-refractivity contribution in [3.8, 4) is 0 Å². The van der Waals surface area contributed by atoms with Crippen LogP contribution in [0.3, 0.4) is 0 Å². The first-order valence-electron chi connectivity index (χ1n) is 4.78. The van der Waals surface area contributed by atoms with Gasteiger partial charge in [0.15, 0.2) is 0 Å². The van der Waals surface area contributed by atoms with E-state index in [-0.39, 0.29) is 13.1 Å². The molecule has 0 bridgehead atoms. The van der Waals surface area contributed by atoms with Crippen LogP contribution in [0, 0.1) is 0 Å². The van der Waals surface area contributed by atoms with Crippen molar-refractivity contribution in [2.75, 3.05) is 6.54 Å². The quantitative estimate of drug-likeness (QED) is 0.697. The molecule has 0 spiro atoms. The second-order valence-corrected chi connectivity index (χ2v) is 3.48. The number of alkyl halides is 3. The summed E-state index contributed by atoms with van der Waals surface area (Å²) in [6, 6.07) is 0. The van der Waals surface area contributed by atoms with Gasteiger partial charge in [-0.25, -0.2) is 14.8 Å². The van der Waals surface area contributed by atoms with E-state index in [4.69, 9.17) is 0 Å². The third-order valence-electron chi connectivity index (χ3n) is 2.33. The predicted octanol–water partition coefficient (Wildman–Crippen LogP) is 1.49. The molecule has 1 amide bonds. The number of aromatic nitrogens is 2. The van der Waals surface area contributed by atoms with Crippen LogP contribution in [0.15, 0.2) is 12.5 Å². The highest BCUT2D eigenvalue weighted by molar-refractivity contribution is 5.68. The van der Waals surface area contributed by atoms with E-state index in [0.717, 1.165) is 10.5 Å². The number of carbonyl (C=O) groups excluding carboxylic acids is 1. The fourth-order valence-electron chi connectivity index (χ4n) is 1.57. The molecule has 1 aromatic heterocycles. The van der Waals surface area contributed by atoms with Crippen LogP contribution in [0.2, 0.25) is 0 Å². The van der Waals surface area contributed by atoms with E-state index < -0.39 is 12.5 Å². The zero-order valence-corrected chi connectivity index (χ0v) is 8.57. The molecule has 92 valence electrons. The van der Waals surface area contributed by atoms with Gasteiger partial charge in [-0.1, -0.05) is 0 Å².